The number of nitrogens with one attached hydrogen (secondary N) is 1. The number of carbonyl (C=O) groups is 2. The molecule has 2 rings (SSSR count). The summed E-state index contributed by atoms with van der Waals surface area (Å²) in [6, 6.07) is 9.34. The standard InChI is InChI=1S/C8H10AsNO5.C7H5ClO2S/c1-6(11)10-8-5-3-2-4-7(8)9(12,13)15-14;8-6-3-1-5(11-6)2-4-7(9)10/h2-5,14H,1H3,(H,10,11)(H,12,13);1-4H,(H,9,10). The fourth-order valence-electron chi connectivity index (χ4n) is 1.63. The smallest absolute Gasteiger partial charge is 0.328 e. The second-order valence-electron chi connectivity index (χ2n) is 4.61. The normalized spacial score (nSPS) is 12.8. The number of carboxylic acids is 1. The van der Waals surface area contributed by atoms with Crippen molar-refractivity contribution in [3.63, 3.8) is 0 Å². The third kappa shape index (κ3) is 7.57. The van der Waals surface area contributed by atoms with Crippen LogP contribution >= 0.6 is 22.9 Å². The molecule has 140 valence electrons. The molecule has 4 N–H and O–H groups in total. The topological polar surface area (TPSA) is 133 Å². The summed E-state index contributed by atoms with van der Waals surface area (Å²) in [5.41, 5.74) is 0.157. The van der Waals surface area contributed by atoms with E-state index in [1.54, 1.807) is 18.2 Å². The zero-order valence-electron chi connectivity index (χ0n) is 13.3. The number of carboxylic acid groups (broad SMARTS) is 1. The van der Waals surface area contributed by atoms with Crippen LogP contribution in [0.15, 0.2) is 42.5 Å². The zero-order valence-corrected chi connectivity index (χ0v) is 16.8. The van der Waals surface area contributed by atoms with Crippen LogP contribution < -0.4 is 9.67 Å². The first kappa shape index (κ1) is 22.2. The molecule has 1 unspecified atom stereocenters. The Morgan fingerprint density at radius 3 is 2.42 bits per heavy atom. The van der Waals surface area contributed by atoms with Crippen molar-refractivity contribution in [1.82, 2.24) is 0 Å². The molecule has 1 amide bonds. The van der Waals surface area contributed by atoms with Gasteiger partial charge in [-0.15, -0.1) is 11.3 Å². The molecule has 0 saturated carbocycles. The van der Waals surface area contributed by atoms with Crippen molar-refractivity contribution in [3.8, 4) is 0 Å². The van der Waals surface area contributed by atoms with Crippen LogP contribution in [0.25, 0.3) is 6.08 Å². The molecule has 0 aliphatic carbocycles. The van der Waals surface area contributed by atoms with Gasteiger partial charge in [-0.05, 0) is 18.2 Å². The van der Waals surface area contributed by atoms with Crippen molar-refractivity contribution in [2.45, 2.75) is 6.92 Å². The van der Waals surface area contributed by atoms with Gasteiger partial charge in [-0.3, -0.25) is 0 Å². The molecule has 0 aliphatic heterocycles. The largest absolute Gasteiger partial charge is 0.478 e. The van der Waals surface area contributed by atoms with E-state index in [0.29, 0.717) is 4.34 Å². The number of benzene rings is 1. The van der Waals surface area contributed by atoms with Gasteiger partial charge in [-0.1, -0.05) is 11.6 Å². The predicted molar refractivity (Wildman–Crippen MR) is 98.8 cm³/mol. The van der Waals surface area contributed by atoms with E-state index in [0.717, 1.165) is 11.0 Å². The van der Waals surface area contributed by atoms with Crippen molar-refractivity contribution in [2.75, 3.05) is 5.32 Å². The summed E-state index contributed by atoms with van der Waals surface area (Å²) in [5, 5.41) is 18.9. The number of hydrogen-bond donors (Lipinski definition) is 4. The molecule has 0 aliphatic rings. The van der Waals surface area contributed by atoms with Gasteiger partial charge in [0.25, 0.3) is 0 Å². The molecule has 1 atom stereocenters. The van der Waals surface area contributed by atoms with Crippen molar-refractivity contribution in [2.24, 2.45) is 0 Å². The Morgan fingerprint density at radius 2 is 1.92 bits per heavy atom. The van der Waals surface area contributed by atoms with Crippen LogP contribution in [0.2, 0.25) is 4.34 Å². The second-order valence-corrected chi connectivity index (χ2v) is 9.90. The first-order chi connectivity index (χ1) is 12.2. The molecular weight excluding hydrogens is 449 g/mol. The van der Waals surface area contributed by atoms with Crippen LogP contribution in [0.4, 0.5) is 5.69 Å². The minimum atomic E-state index is -4.92. The molecule has 1 aromatic heterocycles. The van der Waals surface area contributed by atoms with E-state index in [1.807, 2.05) is 0 Å². The van der Waals surface area contributed by atoms with Gasteiger partial charge in [0.1, 0.15) is 0 Å². The van der Waals surface area contributed by atoms with Gasteiger partial charge in [-0.2, -0.15) is 0 Å². The summed E-state index contributed by atoms with van der Waals surface area (Å²) in [4.78, 5) is 21.7. The van der Waals surface area contributed by atoms with Crippen molar-refractivity contribution >= 4 is 65.1 Å². The van der Waals surface area contributed by atoms with E-state index >= 15 is 0 Å². The molecule has 26 heavy (non-hydrogen) atoms. The average molecular weight is 464 g/mol. The van der Waals surface area contributed by atoms with Gasteiger partial charge in [-0.25, -0.2) is 4.79 Å². The number of anilines is 1. The molecule has 0 spiro atoms. The summed E-state index contributed by atoms with van der Waals surface area (Å²) in [5.74, 6) is -1.33. The van der Waals surface area contributed by atoms with Crippen molar-refractivity contribution in [3.05, 3.63) is 51.7 Å². The first-order valence-corrected chi connectivity index (χ1v) is 11.4. The van der Waals surface area contributed by atoms with Crippen LogP contribution in [-0.2, 0) is 17.2 Å². The Morgan fingerprint density at radius 1 is 1.27 bits per heavy atom. The van der Waals surface area contributed by atoms with E-state index in [1.165, 1.54) is 42.5 Å². The maximum atomic E-state index is 11.4. The minimum absolute atomic E-state index is 0.103. The van der Waals surface area contributed by atoms with Gasteiger partial charge in [0.05, 0.1) is 4.34 Å². The molecule has 1 aromatic carbocycles. The van der Waals surface area contributed by atoms with E-state index in [2.05, 4.69) is 9.19 Å². The van der Waals surface area contributed by atoms with Crippen molar-refractivity contribution < 1.29 is 31.7 Å². The number of carbonyl (C=O) groups excluding carboxylic acids is 1. The molecule has 2 aromatic rings. The molecule has 8 nitrogen and oxygen atoms in total. The van der Waals surface area contributed by atoms with Gasteiger partial charge < -0.3 is 5.11 Å². The maximum Gasteiger partial charge on any atom is 0.328 e. The number of halogens is 1. The average Bonchev–Trinajstić information content (AvgIpc) is 2.99. The second kappa shape index (κ2) is 10.3. The van der Waals surface area contributed by atoms with Crippen LogP contribution in [0, 0.1) is 0 Å². The maximum absolute atomic E-state index is 11.4. The third-order valence-electron chi connectivity index (χ3n) is 2.61. The summed E-state index contributed by atoms with van der Waals surface area (Å²) < 4.78 is 24.8. The molecule has 0 fully saturated rings. The molecule has 0 radical (unpaired) electrons. The van der Waals surface area contributed by atoms with Crippen LogP contribution in [-0.4, -0.2) is 40.5 Å². The van der Waals surface area contributed by atoms with Gasteiger partial charge in [0.15, 0.2) is 0 Å². The number of thiophene rings is 1. The van der Waals surface area contributed by atoms with Crippen LogP contribution in [0.3, 0.4) is 0 Å². The summed E-state index contributed by atoms with van der Waals surface area (Å²) >= 11 is 2.03. The van der Waals surface area contributed by atoms with E-state index < -0.39 is 20.1 Å². The quantitative estimate of drug-likeness (QED) is 0.231. The van der Waals surface area contributed by atoms with Gasteiger partial charge in [0, 0.05) is 11.0 Å². The van der Waals surface area contributed by atoms with E-state index in [9.17, 15) is 17.4 Å². The van der Waals surface area contributed by atoms with Gasteiger partial charge >= 0.3 is 94.4 Å². The first-order valence-electron chi connectivity index (χ1n) is 6.85. The molecule has 0 saturated heterocycles. The Balaban J connectivity index is 0.000000273. The van der Waals surface area contributed by atoms with E-state index in [-0.39, 0.29) is 15.9 Å². The van der Waals surface area contributed by atoms with Crippen LogP contribution in [0.1, 0.15) is 11.8 Å². The number of rotatable bonds is 5. The van der Waals surface area contributed by atoms with Crippen LogP contribution in [0.5, 0.6) is 0 Å². The number of aliphatic carboxylic acids is 1. The third-order valence-corrected chi connectivity index (χ3v) is 6.37. The zero-order chi connectivity index (χ0) is 19.7. The SMILES string of the molecule is CC(=O)Nc1ccccc1[As](=O)(O)OO.O=C(O)C=Cc1ccc(Cl)s1. The Bertz CT molecular complexity index is 852. The fraction of sp³-hybridized carbons (Fsp3) is 0.0667. The number of hydrogen-bond acceptors (Lipinski definition) is 6. The predicted octanol–water partition coefficient (Wildman–Crippen LogP) is 2.20. The van der Waals surface area contributed by atoms with E-state index in [4.69, 9.17) is 22.0 Å². The minimum Gasteiger partial charge on any atom is -0.478 e. The number of para-hydroxylation sites is 1. The van der Waals surface area contributed by atoms with Gasteiger partial charge in [0.2, 0.25) is 0 Å². The summed E-state index contributed by atoms with van der Waals surface area (Å²) in [6.07, 6.45) is 2.60. The molecule has 11 heteroatoms. The molecule has 0 bridgehead atoms. The number of amides is 1. The summed E-state index contributed by atoms with van der Waals surface area (Å²) in [7, 11) is 0. The molecule has 1 heterocycles. The monoisotopic (exact) mass is 463 g/mol. The summed E-state index contributed by atoms with van der Waals surface area (Å²) in [6.45, 7) is 1.27. The Labute approximate surface area is 160 Å². The Kier molecular flexibility index (Phi) is 8.80. The fourth-order valence-corrected chi connectivity index (χ4v) is 4.27. The molecular formula is C15H15AsClNO7S. The Hall–Kier alpha value is -1.87. The van der Waals surface area contributed by atoms with Crippen molar-refractivity contribution in [1.29, 1.82) is 0 Å².